The summed E-state index contributed by atoms with van der Waals surface area (Å²) in [5.41, 5.74) is 7.90. The van der Waals surface area contributed by atoms with Crippen molar-refractivity contribution >= 4 is 22.7 Å². The third-order valence-electron chi connectivity index (χ3n) is 3.94. The lowest BCUT2D eigenvalue weighted by molar-refractivity contribution is 0.157. The maximum atomic E-state index is 6.40. The summed E-state index contributed by atoms with van der Waals surface area (Å²) in [7, 11) is 0. The van der Waals surface area contributed by atoms with Crippen LogP contribution in [0.4, 0.5) is 0 Å². The van der Waals surface area contributed by atoms with Crippen LogP contribution in [0.25, 0.3) is 0 Å². The Bertz CT molecular complexity index is 518. The molecule has 0 aliphatic carbocycles. The Morgan fingerprint density at radius 2 is 2.21 bits per heavy atom. The zero-order valence-corrected chi connectivity index (χ0v) is 12.8. The molecule has 2 unspecified atom stereocenters. The van der Waals surface area contributed by atoms with Crippen LogP contribution in [-0.2, 0) is 13.0 Å². The normalized spacial score (nSPS) is 19.1. The number of rotatable bonds is 4. The molecular formula is C15H20N2S2. The van der Waals surface area contributed by atoms with E-state index in [-0.39, 0.29) is 6.04 Å². The second-order valence-electron chi connectivity index (χ2n) is 5.12. The number of hydrogen-bond acceptors (Lipinski definition) is 4. The van der Waals surface area contributed by atoms with Crippen molar-refractivity contribution in [3.8, 4) is 0 Å². The van der Waals surface area contributed by atoms with Gasteiger partial charge in [0, 0.05) is 28.9 Å². The molecule has 2 N–H and O–H groups in total. The topological polar surface area (TPSA) is 29.3 Å². The molecule has 0 spiro atoms. The Hall–Kier alpha value is -0.680. The highest BCUT2D eigenvalue weighted by molar-refractivity contribution is 7.10. The molecule has 0 aromatic carbocycles. The molecule has 2 nitrogen and oxygen atoms in total. The van der Waals surface area contributed by atoms with E-state index in [1.807, 2.05) is 22.7 Å². The van der Waals surface area contributed by atoms with Crippen LogP contribution in [0.5, 0.6) is 0 Å². The van der Waals surface area contributed by atoms with Gasteiger partial charge in [-0.05, 0) is 41.3 Å². The molecule has 4 heteroatoms. The maximum absolute atomic E-state index is 6.40. The van der Waals surface area contributed by atoms with E-state index >= 15 is 0 Å². The van der Waals surface area contributed by atoms with E-state index in [2.05, 4.69) is 40.8 Å². The minimum absolute atomic E-state index is 0.221. The van der Waals surface area contributed by atoms with E-state index in [1.54, 1.807) is 4.88 Å². The van der Waals surface area contributed by atoms with Gasteiger partial charge in [0.15, 0.2) is 0 Å². The molecule has 102 valence electrons. The van der Waals surface area contributed by atoms with Crippen LogP contribution in [0.2, 0.25) is 0 Å². The molecule has 3 heterocycles. The fraction of sp³-hybridized carbons (Fsp3) is 0.467. The van der Waals surface area contributed by atoms with Crippen LogP contribution in [-0.4, -0.2) is 17.5 Å². The van der Waals surface area contributed by atoms with Crippen molar-refractivity contribution in [2.45, 2.75) is 38.4 Å². The van der Waals surface area contributed by atoms with Crippen molar-refractivity contribution in [2.75, 3.05) is 6.54 Å². The lowest BCUT2D eigenvalue weighted by Gasteiger charge is -2.37. The number of hydrogen-bond donors (Lipinski definition) is 1. The fourth-order valence-electron chi connectivity index (χ4n) is 2.85. The van der Waals surface area contributed by atoms with Crippen molar-refractivity contribution in [3.05, 3.63) is 44.3 Å². The van der Waals surface area contributed by atoms with Crippen molar-refractivity contribution in [1.82, 2.24) is 4.90 Å². The van der Waals surface area contributed by atoms with Gasteiger partial charge in [0.2, 0.25) is 0 Å². The fourth-order valence-corrected chi connectivity index (χ4v) is 4.68. The summed E-state index contributed by atoms with van der Waals surface area (Å²) in [4.78, 5) is 5.54. The van der Waals surface area contributed by atoms with Gasteiger partial charge in [-0.25, -0.2) is 0 Å². The van der Waals surface area contributed by atoms with Crippen LogP contribution >= 0.6 is 22.7 Å². The highest BCUT2D eigenvalue weighted by Crippen LogP contribution is 2.34. The summed E-state index contributed by atoms with van der Waals surface area (Å²) in [5.74, 6) is 0. The first-order valence-electron chi connectivity index (χ1n) is 6.88. The lowest BCUT2D eigenvalue weighted by atomic mass is 9.99. The molecular weight excluding hydrogens is 272 g/mol. The van der Waals surface area contributed by atoms with E-state index in [4.69, 9.17) is 5.73 Å². The molecule has 0 saturated heterocycles. The molecule has 3 rings (SSSR count). The second kappa shape index (κ2) is 5.75. The number of fused-ring (bicyclic) bond motifs is 1. The van der Waals surface area contributed by atoms with Crippen LogP contribution in [0.1, 0.15) is 34.7 Å². The van der Waals surface area contributed by atoms with Crippen LogP contribution in [0.15, 0.2) is 29.0 Å². The summed E-state index contributed by atoms with van der Waals surface area (Å²) < 4.78 is 0. The standard InChI is InChI=1S/C15H20N2S2/c1-2-12(16)15(14-4-3-8-18-14)17-7-5-13-11(10-17)6-9-19-13/h3-4,6,8-9,12,15H,2,5,7,10,16H2,1H3. The first-order valence-corrected chi connectivity index (χ1v) is 8.63. The van der Waals surface area contributed by atoms with Gasteiger partial charge in [-0.3, -0.25) is 4.90 Å². The summed E-state index contributed by atoms with van der Waals surface area (Å²) in [6.45, 7) is 4.37. The van der Waals surface area contributed by atoms with Gasteiger partial charge in [-0.2, -0.15) is 0 Å². The molecule has 2 atom stereocenters. The van der Waals surface area contributed by atoms with Crippen LogP contribution in [0, 0.1) is 0 Å². The van der Waals surface area contributed by atoms with Gasteiger partial charge >= 0.3 is 0 Å². The Morgan fingerprint density at radius 1 is 1.32 bits per heavy atom. The van der Waals surface area contributed by atoms with Crippen molar-refractivity contribution in [1.29, 1.82) is 0 Å². The Morgan fingerprint density at radius 3 is 2.95 bits per heavy atom. The molecule has 0 fully saturated rings. The van der Waals surface area contributed by atoms with Gasteiger partial charge in [0.25, 0.3) is 0 Å². The van der Waals surface area contributed by atoms with E-state index in [0.717, 1.165) is 19.5 Å². The minimum atomic E-state index is 0.221. The van der Waals surface area contributed by atoms with Gasteiger partial charge in [0.05, 0.1) is 6.04 Å². The predicted octanol–water partition coefficient (Wildman–Crippen LogP) is 3.65. The number of thiophene rings is 2. The molecule has 0 amide bonds. The molecule has 0 saturated carbocycles. The molecule has 1 aliphatic rings. The van der Waals surface area contributed by atoms with Gasteiger partial charge in [0.1, 0.15) is 0 Å². The van der Waals surface area contributed by atoms with Crippen molar-refractivity contribution in [3.63, 3.8) is 0 Å². The highest BCUT2D eigenvalue weighted by atomic mass is 32.1. The van der Waals surface area contributed by atoms with Gasteiger partial charge < -0.3 is 5.73 Å². The SMILES string of the molecule is CCC(N)C(c1cccs1)N1CCc2sccc2C1. The summed E-state index contributed by atoms with van der Waals surface area (Å²) in [6.07, 6.45) is 2.20. The quantitative estimate of drug-likeness (QED) is 0.932. The molecule has 0 bridgehead atoms. The van der Waals surface area contributed by atoms with Crippen LogP contribution in [0.3, 0.4) is 0 Å². The third kappa shape index (κ3) is 2.63. The molecule has 2 aromatic rings. The molecule has 2 aromatic heterocycles. The third-order valence-corrected chi connectivity index (χ3v) is 5.91. The zero-order chi connectivity index (χ0) is 13.2. The number of nitrogens with zero attached hydrogens (tertiary/aromatic N) is 1. The molecule has 19 heavy (non-hydrogen) atoms. The Balaban J connectivity index is 1.85. The average molecular weight is 292 g/mol. The largest absolute Gasteiger partial charge is 0.326 e. The predicted molar refractivity (Wildman–Crippen MR) is 83.8 cm³/mol. The minimum Gasteiger partial charge on any atom is -0.326 e. The first-order chi connectivity index (χ1) is 9.29. The summed E-state index contributed by atoms with van der Waals surface area (Å²) >= 11 is 3.73. The van der Waals surface area contributed by atoms with Gasteiger partial charge in [-0.15, -0.1) is 22.7 Å². The maximum Gasteiger partial charge on any atom is 0.0596 e. The van der Waals surface area contributed by atoms with E-state index < -0.39 is 0 Å². The summed E-state index contributed by atoms with van der Waals surface area (Å²) in [6, 6.07) is 7.23. The molecule has 1 aliphatic heterocycles. The van der Waals surface area contributed by atoms with E-state index in [1.165, 1.54) is 16.9 Å². The van der Waals surface area contributed by atoms with Crippen LogP contribution < -0.4 is 5.73 Å². The van der Waals surface area contributed by atoms with Gasteiger partial charge in [-0.1, -0.05) is 13.0 Å². The average Bonchev–Trinajstić information content (AvgIpc) is 3.08. The van der Waals surface area contributed by atoms with Crippen molar-refractivity contribution in [2.24, 2.45) is 5.73 Å². The highest BCUT2D eigenvalue weighted by Gasteiger charge is 2.29. The monoisotopic (exact) mass is 292 g/mol. The van der Waals surface area contributed by atoms with E-state index in [9.17, 15) is 0 Å². The second-order valence-corrected chi connectivity index (χ2v) is 7.10. The lowest BCUT2D eigenvalue weighted by Crippen LogP contribution is -2.42. The van der Waals surface area contributed by atoms with E-state index in [0.29, 0.717) is 6.04 Å². The summed E-state index contributed by atoms with van der Waals surface area (Å²) in [5, 5.41) is 4.37. The molecule has 0 radical (unpaired) electrons. The Labute approximate surface area is 122 Å². The zero-order valence-electron chi connectivity index (χ0n) is 11.2. The Kier molecular flexibility index (Phi) is 4.03. The number of nitrogens with two attached hydrogens (primary N) is 1. The smallest absolute Gasteiger partial charge is 0.0596 e. The van der Waals surface area contributed by atoms with Crippen molar-refractivity contribution < 1.29 is 0 Å². The first kappa shape index (κ1) is 13.3.